The van der Waals surface area contributed by atoms with Gasteiger partial charge in [0, 0.05) is 0 Å². The van der Waals surface area contributed by atoms with Gasteiger partial charge >= 0.3 is 0 Å². The van der Waals surface area contributed by atoms with Crippen LogP contribution in [0.25, 0.3) is 0 Å². The first-order valence-electron chi connectivity index (χ1n) is 0. The summed E-state index contributed by atoms with van der Waals surface area (Å²) in [5, 5.41) is 0. The molecule has 0 saturated heterocycles. The van der Waals surface area contributed by atoms with Gasteiger partial charge < -0.3 is 0 Å². The average molecular weight is 919 g/mol. The van der Waals surface area contributed by atoms with Crippen molar-refractivity contribution in [2.75, 3.05) is 0 Å². The molecule has 0 saturated carbocycles. The molecule has 0 aromatic heterocycles. The standard InChI is InChI=1S/24CH4.2Rf/h24*1H4;;. The summed E-state index contributed by atoms with van der Waals surface area (Å²) < 4.78 is 0. The minimum absolute atomic E-state index is 0. The molecular formula is C24H96Rf2. The summed E-state index contributed by atoms with van der Waals surface area (Å²) in [6.45, 7) is 0. The maximum atomic E-state index is 0. The van der Waals surface area contributed by atoms with Crippen LogP contribution in [0, 0.1) is 0 Å². The van der Waals surface area contributed by atoms with Crippen LogP contribution in [-0.4, -0.2) is 0 Å². The van der Waals surface area contributed by atoms with Crippen LogP contribution in [0.5, 0.6) is 0 Å². The molecule has 0 spiro atoms. The zero-order valence-corrected chi connectivity index (χ0v) is 14.2. The fraction of sp³-hybridized carbons (Fsp3) is 1.00. The van der Waals surface area contributed by atoms with E-state index in [0.717, 1.165) is 0 Å². The van der Waals surface area contributed by atoms with Gasteiger partial charge in [0.15, 0.2) is 0 Å². The van der Waals surface area contributed by atoms with Crippen molar-refractivity contribution in [3.63, 3.8) is 0 Å². The molecular weight excluding hydrogens is 822 g/mol. The van der Waals surface area contributed by atoms with Crippen molar-refractivity contribution in [3.8, 4) is 0 Å². The number of rotatable bonds is 0. The first kappa shape index (κ1) is 3170. The van der Waals surface area contributed by atoms with Crippen LogP contribution in [-0.2, 0) is 0 Å². The Kier molecular flexibility index (Phi) is 340000. The minimum atomic E-state index is 0. The Morgan fingerprint density at radius 2 is 0.0769 bits per heavy atom. The Hall–Kier alpha value is -2.00. The van der Waals surface area contributed by atoms with Gasteiger partial charge in [-0.05, 0) is 0 Å². The monoisotopic (exact) mass is 919 g/mol. The van der Waals surface area contributed by atoms with Crippen LogP contribution in [0.15, 0.2) is 0 Å². The Bertz CT molecular complexity index is 10.2. The predicted molar refractivity (Wildman–Crippen MR) is 162 cm³/mol. The van der Waals surface area contributed by atoms with Crippen molar-refractivity contribution in [2.45, 2.75) is 178 Å². The number of hydrogen-bond donors (Lipinski definition) is 0. The van der Waals surface area contributed by atoms with E-state index in [2.05, 4.69) is 0 Å². The van der Waals surface area contributed by atoms with E-state index < -0.39 is 0 Å². The molecule has 0 aromatic rings. The van der Waals surface area contributed by atoms with Crippen LogP contribution < -0.4 is 0 Å². The molecule has 196 valence electrons. The summed E-state index contributed by atoms with van der Waals surface area (Å²) >= 11 is 0. The third-order valence-electron chi connectivity index (χ3n) is 0. The molecule has 0 bridgehead atoms. The summed E-state index contributed by atoms with van der Waals surface area (Å²) in [6.07, 6.45) is 0. The van der Waals surface area contributed by atoms with Crippen LogP contribution in [0.3, 0.4) is 0 Å². The predicted octanol–water partition coefficient (Wildman–Crippen LogP) is 15.3. The van der Waals surface area contributed by atoms with Gasteiger partial charge in [0.2, 0.25) is 0 Å². The third kappa shape index (κ3) is 2430. The second-order valence-electron chi connectivity index (χ2n) is 0. The van der Waals surface area contributed by atoms with E-state index in [-0.39, 0.29) is 178 Å². The zero-order valence-electron chi connectivity index (χ0n) is 1.41. The van der Waals surface area contributed by atoms with Crippen LogP contribution in [0.1, 0.15) is 178 Å². The van der Waals surface area contributed by atoms with Crippen LogP contribution in [0.2, 0.25) is 0 Å². The van der Waals surface area contributed by atoms with E-state index in [1.807, 2.05) is 0 Å². The van der Waals surface area contributed by atoms with E-state index >= 15 is 0 Å². The Morgan fingerprint density at radius 3 is 0.0769 bits per heavy atom. The second-order valence-corrected chi connectivity index (χ2v) is 0. The maximum absolute atomic E-state index is 0. The first-order chi connectivity index (χ1) is 0. The molecule has 0 aliphatic heterocycles. The van der Waals surface area contributed by atoms with E-state index in [9.17, 15) is 0 Å². The van der Waals surface area contributed by atoms with Crippen LogP contribution in [0.4, 0.5) is 0 Å². The zero-order chi connectivity index (χ0) is 0. The molecule has 0 heterocycles. The molecule has 0 fully saturated rings. The summed E-state index contributed by atoms with van der Waals surface area (Å²) in [5.41, 5.74) is 0. The molecule has 2 heteroatoms. The second kappa shape index (κ2) is 2780. The van der Waals surface area contributed by atoms with E-state index in [1.165, 1.54) is 0 Å². The van der Waals surface area contributed by atoms with Crippen molar-refractivity contribution in [3.05, 3.63) is 0 Å². The quantitative estimate of drug-likeness (QED) is 0.227. The van der Waals surface area contributed by atoms with Gasteiger partial charge in [0.05, 0.1) is 0 Å². The fourth-order valence-electron chi connectivity index (χ4n) is 0. The third-order valence-corrected chi connectivity index (χ3v) is 0. The Labute approximate surface area is 178 Å². The molecule has 0 atom stereocenters. The first-order valence-corrected chi connectivity index (χ1v) is 0. The van der Waals surface area contributed by atoms with Gasteiger partial charge in [-0.25, -0.2) is 0 Å². The van der Waals surface area contributed by atoms with Crippen molar-refractivity contribution >= 4 is 0 Å². The molecule has 26 heavy (non-hydrogen) atoms. The molecule has 0 nitrogen and oxygen atoms in total. The van der Waals surface area contributed by atoms with E-state index in [0.29, 0.717) is 0 Å². The molecule has 0 unspecified atom stereocenters. The van der Waals surface area contributed by atoms with Crippen molar-refractivity contribution in [2.24, 2.45) is 0 Å². The topological polar surface area (TPSA) is 0 Å². The Balaban J connectivity index is 0. The molecule has 0 amide bonds. The largest absolute Gasteiger partial charge is 0.0776 e. The summed E-state index contributed by atoms with van der Waals surface area (Å²) in [5.74, 6) is 0. The maximum Gasteiger partial charge on any atom is 0 e. The average Bonchev–Trinajstić information content (AvgIpc) is 0. The molecule has 0 N–H and O–H groups in total. The molecule has 0 radical (unpaired) electrons. The van der Waals surface area contributed by atoms with Gasteiger partial charge in [-0.3, -0.25) is 0 Å². The minimum Gasteiger partial charge on any atom is -0.0776 e. The normalized spacial score (nSPS) is 0. The summed E-state index contributed by atoms with van der Waals surface area (Å²) in [4.78, 5) is 0. The van der Waals surface area contributed by atoms with Crippen molar-refractivity contribution in [1.82, 2.24) is 0 Å². The molecule has 0 aliphatic rings. The summed E-state index contributed by atoms with van der Waals surface area (Å²) in [7, 11) is 0. The van der Waals surface area contributed by atoms with Gasteiger partial charge in [-0.2, -0.15) is 0 Å². The van der Waals surface area contributed by atoms with E-state index in [4.69, 9.17) is 0 Å². The van der Waals surface area contributed by atoms with E-state index in [1.54, 1.807) is 0 Å². The molecule has 0 aliphatic carbocycles. The van der Waals surface area contributed by atoms with Gasteiger partial charge in [-0.15, -0.1) is 0 Å². The SMILES string of the molecule is C.C.C.C.C.C.C.C.C.C.C.C.C.C.C.C.C.C.C.C.C.C.C.C.[Rf].[Rf]. The van der Waals surface area contributed by atoms with Gasteiger partial charge in [0.25, 0.3) is 0 Å². The molecule has 0 aromatic carbocycles. The fourth-order valence-corrected chi connectivity index (χ4v) is 0. The van der Waals surface area contributed by atoms with Crippen molar-refractivity contribution < 1.29 is 0 Å². The molecule has 0 rings (SSSR count). The van der Waals surface area contributed by atoms with Gasteiger partial charge in [0.1, 0.15) is 0 Å². The Morgan fingerprint density at radius 1 is 0.0769 bits per heavy atom. The summed E-state index contributed by atoms with van der Waals surface area (Å²) in [6, 6.07) is 0. The smallest absolute Gasteiger partial charge is 0 e. The van der Waals surface area contributed by atoms with Crippen molar-refractivity contribution in [1.29, 1.82) is 0 Å². The van der Waals surface area contributed by atoms with Gasteiger partial charge in [-0.1, -0.05) is 178 Å². The number of hydrogen-bond acceptors (Lipinski definition) is 0. The van der Waals surface area contributed by atoms with Crippen LogP contribution >= 0.6 is 0 Å².